The van der Waals surface area contributed by atoms with E-state index < -0.39 is 28.5 Å². The Labute approximate surface area is 231 Å². The first-order valence-electron chi connectivity index (χ1n) is 12.9. The number of aryl methyl sites for hydroxylation is 1. The van der Waals surface area contributed by atoms with Gasteiger partial charge in [-0.05, 0) is 67.3 Å². The number of hydrogen-bond donors (Lipinski definition) is 1. The zero-order valence-corrected chi connectivity index (χ0v) is 23.9. The van der Waals surface area contributed by atoms with Gasteiger partial charge >= 0.3 is 0 Å². The summed E-state index contributed by atoms with van der Waals surface area (Å²) in [6.07, 6.45) is 0. The summed E-state index contributed by atoms with van der Waals surface area (Å²) >= 11 is 0. The van der Waals surface area contributed by atoms with Crippen molar-refractivity contribution in [3.63, 3.8) is 0 Å². The molecule has 8 nitrogen and oxygen atoms in total. The van der Waals surface area contributed by atoms with E-state index >= 15 is 0 Å². The lowest BCUT2D eigenvalue weighted by Gasteiger charge is -2.32. The smallest absolute Gasteiger partial charge is 0.264 e. The molecule has 0 spiro atoms. The number of benzene rings is 3. The molecule has 3 aromatic rings. The van der Waals surface area contributed by atoms with Crippen LogP contribution in [-0.2, 0) is 26.2 Å². The van der Waals surface area contributed by atoms with Crippen LogP contribution in [0, 0.1) is 12.8 Å². The second-order valence-corrected chi connectivity index (χ2v) is 11.6. The zero-order valence-electron chi connectivity index (χ0n) is 23.1. The summed E-state index contributed by atoms with van der Waals surface area (Å²) in [6, 6.07) is 21.2. The molecule has 0 saturated carbocycles. The Bertz CT molecular complexity index is 1360. The molecule has 0 saturated heterocycles. The number of ether oxygens (including phenoxy) is 1. The monoisotopic (exact) mass is 551 g/mol. The van der Waals surface area contributed by atoms with Gasteiger partial charge in [-0.15, -0.1) is 0 Å². The standard InChI is InChI=1S/C30H37N3O5S/c1-22(2)19-31-30(35)24(4)32(20-25-12-10-9-11-23(25)3)29(34)21-33(26-15-17-27(38-5)18-16-26)39(36,37)28-13-7-6-8-14-28/h6-18,22,24H,19-21H2,1-5H3,(H,31,35)/t24-/m1/s1. The van der Waals surface area contributed by atoms with E-state index in [0.29, 0.717) is 18.0 Å². The van der Waals surface area contributed by atoms with Crippen LogP contribution in [0.4, 0.5) is 5.69 Å². The Morgan fingerprint density at radius 2 is 1.51 bits per heavy atom. The fourth-order valence-electron chi connectivity index (χ4n) is 4.00. The van der Waals surface area contributed by atoms with Crippen LogP contribution in [0.5, 0.6) is 5.75 Å². The molecule has 0 radical (unpaired) electrons. The van der Waals surface area contributed by atoms with E-state index in [9.17, 15) is 18.0 Å². The van der Waals surface area contributed by atoms with Crippen molar-refractivity contribution in [2.45, 2.75) is 45.2 Å². The van der Waals surface area contributed by atoms with Crippen molar-refractivity contribution in [3.05, 3.63) is 90.0 Å². The quantitative estimate of drug-likeness (QED) is 0.360. The fourth-order valence-corrected chi connectivity index (χ4v) is 5.44. The van der Waals surface area contributed by atoms with Crippen LogP contribution in [0.3, 0.4) is 0 Å². The van der Waals surface area contributed by atoms with Gasteiger partial charge in [-0.3, -0.25) is 13.9 Å². The number of rotatable bonds is 12. The molecule has 3 aromatic carbocycles. The van der Waals surface area contributed by atoms with Gasteiger partial charge in [0.25, 0.3) is 10.0 Å². The van der Waals surface area contributed by atoms with E-state index in [1.54, 1.807) is 49.4 Å². The third kappa shape index (κ3) is 7.60. The van der Waals surface area contributed by atoms with E-state index in [2.05, 4.69) is 5.32 Å². The maximum Gasteiger partial charge on any atom is 0.264 e. The second kappa shape index (κ2) is 13.3. The molecule has 208 valence electrons. The SMILES string of the molecule is COc1ccc(N(CC(=O)N(Cc2ccccc2C)[C@H](C)C(=O)NCC(C)C)S(=O)(=O)c2ccccc2)cc1. The van der Waals surface area contributed by atoms with Crippen molar-refractivity contribution in [3.8, 4) is 5.75 Å². The van der Waals surface area contributed by atoms with Crippen molar-refractivity contribution in [1.82, 2.24) is 10.2 Å². The number of sulfonamides is 1. The van der Waals surface area contributed by atoms with Crippen molar-refractivity contribution >= 4 is 27.5 Å². The third-order valence-corrected chi connectivity index (χ3v) is 8.21. The fraction of sp³-hybridized carbons (Fsp3) is 0.333. The van der Waals surface area contributed by atoms with Gasteiger partial charge in [-0.25, -0.2) is 8.42 Å². The molecule has 1 N–H and O–H groups in total. The molecular weight excluding hydrogens is 514 g/mol. The Morgan fingerprint density at radius 3 is 2.10 bits per heavy atom. The third-order valence-electron chi connectivity index (χ3n) is 6.42. The van der Waals surface area contributed by atoms with E-state index in [0.717, 1.165) is 15.4 Å². The molecular formula is C30H37N3O5S. The highest BCUT2D eigenvalue weighted by atomic mass is 32.2. The largest absolute Gasteiger partial charge is 0.497 e. The minimum Gasteiger partial charge on any atom is -0.497 e. The van der Waals surface area contributed by atoms with Crippen LogP contribution in [0.15, 0.2) is 83.8 Å². The summed E-state index contributed by atoms with van der Waals surface area (Å²) in [5.41, 5.74) is 2.14. The molecule has 39 heavy (non-hydrogen) atoms. The van der Waals surface area contributed by atoms with Gasteiger partial charge in [0.2, 0.25) is 11.8 Å². The summed E-state index contributed by atoms with van der Waals surface area (Å²) in [5, 5.41) is 2.89. The minimum absolute atomic E-state index is 0.0572. The molecule has 0 heterocycles. The topological polar surface area (TPSA) is 96.0 Å². The highest BCUT2D eigenvalue weighted by Gasteiger charge is 2.32. The van der Waals surface area contributed by atoms with Crippen LogP contribution >= 0.6 is 0 Å². The van der Waals surface area contributed by atoms with E-state index in [1.165, 1.54) is 24.1 Å². The number of anilines is 1. The first-order valence-corrected chi connectivity index (χ1v) is 14.3. The van der Waals surface area contributed by atoms with E-state index in [-0.39, 0.29) is 23.3 Å². The van der Waals surface area contributed by atoms with Crippen molar-refractivity contribution in [2.24, 2.45) is 5.92 Å². The Hall–Kier alpha value is -3.85. The molecule has 0 aliphatic rings. The first kappa shape index (κ1) is 29.7. The Balaban J connectivity index is 2.01. The molecule has 9 heteroatoms. The van der Waals surface area contributed by atoms with Crippen molar-refractivity contribution in [2.75, 3.05) is 24.5 Å². The molecule has 3 rings (SSSR count). The van der Waals surface area contributed by atoms with E-state index in [4.69, 9.17) is 4.74 Å². The van der Waals surface area contributed by atoms with Gasteiger partial charge < -0.3 is 15.0 Å². The highest BCUT2D eigenvalue weighted by Crippen LogP contribution is 2.26. The van der Waals surface area contributed by atoms with Gasteiger partial charge in [0, 0.05) is 13.1 Å². The Morgan fingerprint density at radius 1 is 0.897 bits per heavy atom. The molecule has 2 amide bonds. The number of carbonyl (C=O) groups excluding carboxylic acids is 2. The highest BCUT2D eigenvalue weighted by molar-refractivity contribution is 7.92. The molecule has 0 fully saturated rings. The summed E-state index contributed by atoms with van der Waals surface area (Å²) in [7, 11) is -2.59. The van der Waals surface area contributed by atoms with Gasteiger partial charge in [0.15, 0.2) is 0 Å². The maximum absolute atomic E-state index is 13.9. The molecule has 0 aliphatic heterocycles. The van der Waals surface area contributed by atoms with Crippen molar-refractivity contribution < 1.29 is 22.7 Å². The average Bonchev–Trinajstić information content (AvgIpc) is 2.94. The molecule has 0 aromatic heterocycles. The van der Waals surface area contributed by atoms with Crippen LogP contribution in [0.2, 0.25) is 0 Å². The van der Waals surface area contributed by atoms with Gasteiger partial charge in [0.1, 0.15) is 18.3 Å². The number of amides is 2. The molecule has 1 atom stereocenters. The van der Waals surface area contributed by atoms with Crippen LogP contribution in [0.1, 0.15) is 31.9 Å². The van der Waals surface area contributed by atoms with Crippen LogP contribution in [0.25, 0.3) is 0 Å². The number of methoxy groups -OCH3 is 1. The molecule has 0 bridgehead atoms. The molecule has 0 unspecified atom stereocenters. The van der Waals surface area contributed by atoms with Crippen LogP contribution in [-0.4, -0.2) is 51.4 Å². The van der Waals surface area contributed by atoms with Gasteiger partial charge in [-0.2, -0.15) is 0 Å². The summed E-state index contributed by atoms with van der Waals surface area (Å²) in [6.45, 7) is 7.71. The average molecular weight is 552 g/mol. The van der Waals surface area contributed by atoms with Crippen molar-refractivity contribution in [1.29, 1.82) is 0 Å². The zero-order chi connectivity index (χ0) is 28.6. The number of nitrogens with zero attached hydrogens (tertiary/aromatic N) is 2. The van der Waals surface area contributed by atoms with Gasteiger partial charge in [0.05, 0.1) is 17.7 Å². The van der Waals surface area contributed by atoms with Crippen LogP contribution < -0.4 is 14.4 Å². The lowest BCUT2D eigenvalue weighted by Crippen LogP contribution is -2.51. The second-order valence-electron chi connectivity index (χ2n) is 9.79. The Kier molecular flexibility index (Phi) is 10.1. The van der Waals surface area contributed by atoms with E-state index in [1.807, 2.05) is 45.0 Å². The summed E-state index contributed by atoms with van der Waals surface area (Å²) < 4.78 is 33.9. The van der Waals surface area contributed by atoms with Gasteiger partial charge in [-0.1, -0.05) is 56.3 Å². The minimum atomic E-state index is -4.11. The normalized spacial score (nSPS) is 12.1. The maximum atomic E-state index is 13.9. The lowest BCUT2D eigenvalue weighted by atomic mass is 10.1. The first-order chi connectivity index (χ1) is 18.5. The summed E-state index contributed by atoms with van der Waals surface area (Å²) in [5.74, 6) is -0.00432. The molecule has 0 aliphatic carbocycles. The number of carbonyl (C=O) groups is 2. The summed E-state index contributed by atoms with van der Waals surface area (Å²) in [4.78, 5) is 28.5. The number of nitrogens with one attached hydrogen (secondary N) is 1. The lowest BCUT2D eigenvalue weighted by molar-refractivity contribution is -0.139. The number of hydrogen-bond acceptors (Lipinski definition) is 5. The predicted octanol–water partition coefficient (Wildman–Crippen LogP) is 4.39. The predicted molar refractivity (Wildman–Crippen MR) is 153 cm³/mol.